The Kier molecular flexibility index (Phi) is 4.40. The summed E-state index contributed by atoms with van der Waals surface area (Å²) in [5, 5.41) is 0. The average molecular weight is 312 g/mol. The maximum Gasteiger partial charge on any atom is 1.00 e. The van der Waals surface area contributed by atoms with Gasteiger partial charge in [-0.2, -0.15) is 0 Å². The number of benzene rings is 1. The van der Waals surface area contributed by atoms with E-state index in [0.29, 0.717) is 10.8 Å². The van der Waals surface area contributed by atoms with E-state index in [2.05, 4.69) is 6.92 Å². The van der Waals surface area contributed by atoms with E-state index in [1.807, 2.05) is 12.1 Å². The molecular weight excluding hydrogens is 300 g/mol. The maximum absolute atomic E-state index is 10.6. The van der Waals surface area contributed by atoms with Crippen molar-refractivity contribution < 1.29 is 10.2 Å². The second-order valence-corrected chi connectivity index (χ2v) is 4.87. The third-order valence-electron chi connectivity index (χ3n) is 1.92. The van der Waals surface area contributed by atoms with E-state index in [-0.39, 0.29) is 1.43 Å². The van der Waals surface area contributed by atoms with Crippen LogP contribution in [0.25, 0.3) is 0 Å². The summed E-state index contributed by atoms with van der Waals surface area (Å²) < 4.78 is 22.2. The van der Waals surface area contributed by atoms with Crippen molar-refractivity contribution in [3.8, 4) is 0 Å². The van der Waals surface area contributed by atoms with Crippen LogP contribution >= 0.6 is 0 Å². The van der Waals surface area contributed by atoms with Crippen LogP contribution in [0.5, 0.6) is 0 Å². The van der Waals surface area contributed by atoms with Crippen molar-refractivity contribution in [2.45, 2.75) is 22.2 Å². The molecule has 0 radical (unpaired) electrons. The van der Waals surface area contributed by atoms with E-state index in [1.54, 1.807) is 34.4 Å². The third kappa shape index (κ3) is 3.07. The SMILES string of the molecule is CC(C[TeH])c1ccc(S(=O)[O-])cc1.[H+]. The summed E-state index contributed by atoms with van der Waals surface area (Å²) in [7, 11) is 0. The first-order valence-corrected chi connectivity index (χ1v) is 6.83. The van der Waals surface area contributed by atoms with Gasteiger partial charge in [0, 0.05) is 0 Å². The van der Waals surface area contributed by atoms with Gasteiger partial charge in [0.2, 0.25) is 0 Å². The van der Waals surface area contributed by atoms with Crippen molar-refractivity contribution in [3.05, 3.63) is 29.8 Å². The summed E-state index contributed by atoms with van der Waals surface area (Å²) in [5.74, 6) is 0.517. The minimum Gasteiger partial charge on any atom is 1.00 e. The standard InChI is InChI=1S/C9H12O2STe/c1-7(6-13)8-2-4-9(5-3-8)12(10)11/h2-5,7,13H,6H2,1H3,(H,10,11). The summed E-state index contributed by atoms with van der Waals surface area (Å²) in [6.45, 7) is 2.14. The summed E-state index contributed by atoms with van der Waals surface area (Å²) in [4.78, 5) is 0.358. The van der Waals surface area contributed by atoms with E-state index < -0.39 is 11.1 Å². The van der Waals surface area contributed by atoms with Crippen LogP contribution in [-0.4, -0.2) is 31.1 Å². The zero-order valence-corrected chi connectivity index (χ0v) is 10.6. The molecule has 0 aromatic heterocycles. The Morgan fingerprint density at radius 2 is 2.08 bits per heavy atom. The van der Waals surface area contributed by atoms with Gasteiger partial charge in [0.05, 0.1) is 0 Å². The topological polar surface area (TPSA) is 40.1 Å². The molecule has 0 bridgehead atoms. The fraction of sp³-hybridized carbons (Fsp3) is 0.333. The van der Waals surface area contributed by atoms with Gasteiger partial charge in [-0.1, -0.05) is 0 Å². The van der Waals surface area contributed by atoms with Gasteiger partial charge in [0.1, 0.15) is 0 Å². The zero-order chi connectivity index (χ0) is 9.84. The molecule has 1 aromatic rings. The number of hydrogen-bond donors (Lipinski definition) is 0. The number of hydrogen-bond acceptors (Lipinski definition) is 2. The first-order chi connectivity index (χ1) is 6.15. The normalized spacial score (nSPS) is 15.3. The van der Waals surface area contributed by atoms with Crippen molar-refractivity contribution in [1.29, 1.82) is 0 Å². The molecule has 2 unspecified atom stereocenters. The first kappa shape index (κ1) is 11.2. The number of rotatable bonds is 3. The van der Waals surface area contributed by atoms with Gasteiger partial charge in [0.15, 0.2) is 0 Å². The molecule has 72 valence electrons. The van der Waals surface area contributed by atoms with Crippen LogP contribution in [0.2, 0.25) is 4.47 Å². The van der Waals surface area contributed by atoms with Gasteiger partial charge in [0.25, 0.3) is 0 Å². The van der Waals surface area contributed by atoms with E-state index in [4.69, 9.17) is 0 Å². The summed E-state index contributed by atoms with van der Waals surface area (Å²) in [5.41, 5.74) is 1.20. The Hall–Kier alpha value is 0.120. The van der Waals surface area contributed by atoms with E-state index >= 15 is 0 Å². The van der Waals surface area contributed by atoms with Crippen LogP contribution in [0.4, 0.5) is 0 Å². The molecule has 0 fully saturated rings. The predicted molar refractivity (Wildman–Crippen MR) is 55.1 cm³/mol. The molecule has 0 saturated carbocycles. The third-order valence-corrected chi connectivity index (χ3v) is 4.14. The van der Waals surface area contributed by atoms with Crippen molar-refractivity contribution in [1.82, 2.24) is 0 Å². The van der Waals surface area contributed by atoms with Gasteiger partial charge in [-0.3, -0.25) is 0 Å². The molecule has 4 heteroatoms. The molecule has 1 aromatic carbocycles. The van der Waals surface area contributed by atoms with Crippen LogP contribution in [0.15, 0.2) is 29.2 Å². The predicted octanol–water partition coefficient (Wildman–Crippen LogP) is 1.46. The Labute approximate surface area is 95.4 Å². The molecule has 2 nitrogen and oxygen atoms in total. The smallest absolute Gasteiger partial charge is 1.00 e. The molecule has 0 N–H and O–H groups in total. The van der Waals surface area contributed by atoms with Crippen LogP contribution in [0.3, 0.4) is 0 Å². The monoisotopic (exact) mass is 314 g/mol. The van der Waals surface area contributed by atoms with Crippen molar-refractivity contribution in [3.63, 3.8) is 0 Å². The molecule has 13 heavy (non-hydrogen) atoms. The van der Waals surface area contributed by atoms with Crippen LogP contribution in [-0.2, 0) is 11.1 Å². The van der Waals surface area contributed by atoms with Gasteiger partial charge in [-0.15, -0.1) is 0 Å². The molecule has 2 atom stereocenters. The van der Waals surface area contributed by atoms with Gasteiger partial charge in [-0.05, 0) is 0 Å². The maximum atomic E-state index is 10.6. The fourth-order valence-corrected chi connectivity index (χ4v) is 1.97. The summed E-state index contributed by atoms with van der Waals surface area (Å²) in [6, 6.07) is 7.06. The Balaban J connectivity index is 0.00000169. The Morgan fingerprint density at radius 3 is 2.46 bits per heavy atom. The summed E-state index contributed by atoms with van der Waals surface area (Å²) >= 11 is -0.320. The largest absolute Gasteiger partial charge is 1.00 e. The molecule has 0 aliphatic rings. The van der Waals surface area contributed by atoms with Gasteiger partial charge in [-0.25, -0.2) is 0 Å². The molecule has 0 saturated heterocycles. The molecule has 0 aliphatic heterocycles. The molecule has 1 rings (SSSR count). The van der Waals surface area contributed by atoms with Crippen LogP contribution < -0.4 is 0 Å². The van der Waals surface area contributed by atoms with E-state index in [1.165, 1.54) is 5.56 Å². The molecule has 0 heterocycles. The van der Waals surface area contributed by atoms with Crippen molar-refractivity contribution >= 4 is 33.4 Å². The second-order valence-electron chi connectivity index (χ2n) is 2.89. The van der Waals surface area contributed by atoms with E-state index in [9.17, 15) is 8.76 Å². The molecule has 0 aliphatic carbocycles. The zero-order valence-electron chi connectivity index (χ0n) is 8.27. The van der Waals surface area contributed by atoms with Gasteiger partial charge < -0.3 is 0 Å². The molecule has 0 spiro atoms. The van der Waals surface area contributed by atoms with E-state index in [0.717, 1.165) is 4.47 Å². The van der Waals surface area contributed by atoms with Gasteiger partial charge >= 0.3 is 95.6 Å². The van der Waals surface area contributed by atoms with Crippen molar-refractivity contribution in [2.75, 3.05) is 0 Å². The average Bonchev–Trinajstić information content (AvgIpc) is 2.17. The minimum absolute atomic E-state index is 0. The van der Waals surface area contributed by atoms with Crippen molar-refractivity contribution in [2.24, 2.45) is 0 Å². The minimum atomic E-state index is -2.10. The Morgan fingerprint density at radius 1 is 1.54 bits per heavy atom. The molecular formula is C9H12O2STe. The summed E-state index contributed by atoms with van der Waals surface area (Å²) in [6.07, 6.45) is 0. The second kappa shape index (κ2) is 5.11. The molecule has 0 amide bonds. The fourth-order valence-electron chi connectivity index (χ4n) is 1.01. The Bertz CT molecular complexity index is 302. The van der Waals surface area contributed by atoms with Crippen LogP contribution in [0.1, 0.15) is 19.8 Å². The first-order valence-electron chi connectivity index (χ1n) is 3.95. The quantitative estimate of drug-likeness (QED) is 0.626. The van der Waals surface area contributed by atoms with Crippen LogP contribution in [0, 0.1) is 0 Å².